The fourth-order valence-electron chi connectivity index (χ4n) is 4.48. The van der Waals surface area contributed by atoms with Gasteiger partial charge in [-0.15, -0.1) is 5.10 Å². The van der Waals surface area contributed by atoms with Crippen LogP contribution >= 0.6 is 0 Å². The summed E-state index contributed by atoms with van der Waals surface area (Å²) in [4.78, 5) is 32.3. The van der Waals surface area contributed by atoms with Gasteiger partial charge in [0.2, 0.25) is 17.8 Å². The molecule has 0 radical (unpaired) electrons. The number of carbonyl (C=O) groups is 2. The zero-order valence-electron chi connectivity index (χ0n) is 19.5. The summed E-state index contributed by atoms with van der Waals surface area (Å²) in [6, 6.07) is 11.5. The summed E-state index contributed by atoms with van der Waals surface area (Å²) in [5, 5.41) is 13.1. The average Bonchev–Trinajstić information content (AvgIpc) is 3.47. The summed E-state index contributed by atoms with van der Waals surface area (Å²) in [5.41, 5.74) is 2.31. The Labute approximate surface area is 198 Å². The highest BCUT2D eigenvalue weighted by atomic mass is 19.1. The molecule has 1 aliphatic rings. The highest BCUT2D eigenvalue weighted by Crippen LogP contribution is 2.28. The lowest BCUT2D eigenvalue weighted by Crippen LogP contribution is -2.49. The number of hydrogen-bond acceptors (Lipinski definition) is 5. The number of aromatic amines is 1. The van der Waals surface area contributed by atoms with Gasteiger partial charge in [-0.2, -0.15) is 4.39 Å². The van der Waals surface area contributed by atoms with Crippen molar-refractivity contribution < 1.29 is 14.0 Å². The number of carbonyl (C=O) groups excluding carboxylic acids is 2. The number of benzene rings is 1. The highest BCUT2D eigenvalue weighted by Gasteiger charge is 2.39. The van der Waals surface area contributed by atoms with E-state index in [9.17, 15) is 14.0 Å². The minimum Gasteiger partial charge on any atom is -0.342 e. The number of halogens is 1. The predicted octanol–water partition coefficient (Wildman–Crippen LogP) is 3.29. The average molecular weight is 465 g/mol. The molecule has 2 amide bonds. The normalized spacial score (nSPS) is 18.8. The number of amides is 2. The van der Waals surface area contributed by atoms with Gasteiger partial charge < -0.3 is 10.2 Å². The van der Waals surface area contributed by atoms with Gasteiger partial charge in [0.15, 0.2) is 0 Å². The summed E-state index contributed by atoms with van der Waals surface area (Å²) in [5.74, 6) is -1.000. The molecule has 3 aromatic rings. The molecule has 2 aromatic heterocycles. The SMILES string of the molecule is CC(C)c1ccc([C@@H](NC(=O)[C@@H]2CC[C@H](C)N2C(=O)Cc2cnn[nH]2)c2ccccc2)nc1F. The third kappa shape index (κ3) is 4.98. The zero-order valence-corrected chi connectivity index (χ0v) is 19.5. The number of nitrogens with zero attached hydrogens (tertiary/aromatic N) is 4. The lowest BCUT2D eigenvalue weighted by molar-refractivity contribution is -0.139. The van der Waals surface area contributed by atoms with E-state index in [2.05, 4.69) is 25.7 Å². The summed E-state index contributed by atoms with van der Waals surface area (Å²) < 4.78 is 14.7. The largest absolute Gasteiger partial charge is 0.342 e. The number of hydrogen-bond donors (Lipinski definition) is 2. The molecule has 0 aliphatic carbocycles. The number of likely N-dealkylation sites (tertiary alicyclic amines) is 1. The molecule has 0 saturated carbocycles. The minimum atomic E-state index is -0.644. The van der Waals surface area contributed by atoms with Gasteiger partial charge in [0.05, 0.1) is 30.0 Å². The van der Waals surface area contributed by atoms with Crippen molar-refractivity contribution in [1.82, 2.24) is 30.6 Å². The second kappa shape index (κ2) is 10.1. The van der Waals surface area contributed by atoms with Crippen molar-refractivity contribution in [2.45, 2.75) is 64.1 Å². The molecule has 3 atom stereocenters. The molecule has 178 valence electrons. The molecular weight excluding hydrogens is 435 g/mol. The van der Waals surface area contributed by atoms with Crippen molar-refractivity contribution in [1.29, 1.82) is 0 Å². The molecule has 4 rings (SSSR count). The highest BCUT2D eigenvalue weighted by molar-refractivity contribution is 5.89. The molecule has 1 aliphatic heterocycles. The van der Waals surface area contributed by atoms with Gasteiger partial charge in [-0.3, -0.25) is 14.7 Å². The van der Waals surface area contributed by atoms with E-state index < -0.39 is 18.0 Å². The van der Waals surface area contributed by atoms with Crippen molar-refractivity contribution in [2.75, 3.05) is 0 Å². The molecule has 1 saturated heterocycles. The maximum atomic E-state index is 14.7. The van der Waals surface area contributed by atoms with Gasteiger partial charge in [0, 0.05) is 11.6 Å². The van der Waals surface area contributed by atoms with Crippen LogP contribution in [0.15, 0.2) is 48.7 Å². The van der Waals surface area contributed by atoms with Crippen LogP contribution in [-0.2, 0) is 16.0 Å². The van der Waals surface area contributed by atoms with Gasteiger partial charge in [0.1, 0.15) is 6.04 Å². The van der Waals surface area contributed by atoms with E-state index in [4.69, 9.17) is 0 Å². The fourth-order valence-corrected chi connectivity index (χ4v) is 4.48. The van der Waals surface area contributed by atoms with Gasteiger partial charge in [0.25, 0.3) is 0 Å². The Bertz CT molecular complexity index is 1140. The van der Waals surface area contributed by atoms with Crippen molar-refractivity contribution in [3.63, 3.8) is 0 Å². The standard InChI is InChI=1S/C25H29FN6O2/c1-15(2)19-10-11-20(28-24(19)26)23(17-7-5-4-6-8-17)29-25(34)21-12-9-16(3)32(21)22(33)13-18-14-27-31-30-18/h4-8,10-11,14-16,21,23H,9,12-13H2,1-3H3,(H,29,34)(H,27,30,31)/t16-,21-,23-/m0/s1. The first-order valence-corrected chi connectivity index (χ1v) is 11.5. The molecule has 0 unspecified atom stereocenters. The molecule has 9 heteroatoms. The maximum absolute atomic E-state index is 14.7. The number of rotatable bonds is 7. The van der Waals surface area contributed by atoms with Crippen LogP contribution in [0.2, 0.25) is 0 Å². The second-order valence-corrected chi connectivity index (χ2v) is 9.02. The topological polar surface area (TPSA) is 104 Å². The molecule has 2 N–H and O–H groups in total. The van der Waals surface area contributed by atoms with Crippen LogP contribution in [0.5, 0.6) is 0 Å². The van der Waals surface area contributed by atoms with Gasteiger partial charge in [-0.05, 0) is 37.3 Å². The number of nitrogens with one attached hydrogen (secondary N) is 2. The fraction of sp³-hybridized carbons (Fsp3) is 0.400. The van der Waals surface area contributed by atoms with Gasteiger partial charge >= 0.3 is 0 Å². The molecule has 0 spiro atoms. The van der Waals surface area contributed by atoms with Crippen LogP contribution < -0.4 is 5.32 Å². The molecule has 3 heterocycles. The Morgan fingerprint density at radius 3 is 2.59 bits per heavy atom. The van der Waals surface area contributed by atoms with Crippen molar-refractivity contribution in [3.8, 4) is 0 Å². The molecule has 1 fully saturated rings. The second-order valence-electron chi connectivity index (χ2n) is 9.02. The van der Waals surface area contributed by atoms with Gasteiger partial charge in [-0.1, -0.05) is 55.5 Å². The molecule has 1 aromatic carbocycles. The van der Waals surface area contributed by atoms with E-state index in [1.54, 1.807) is 17.0 Å². The lowest BCUT2D eigenvalue weighted by Gasteiger charge is -2.29. The summed E-state index contributed by atoms with van der Waals surface area (Å²) in [6.45, 7) is 5.75. The van der Waals surface area contributed by atoms with E-state index in [-0.39, 0.29) is 30.2 Å². The molecular formula is C25H29FN6O2. The van der Waals surface area contributed by atoms with E-state index in [1.165, 1.54) is 6.20 Å². The summed E-state index contributed by atoms with van der Waals surface area (Å²) in [7, 11) is 0. The Hall–Kier alpha value is -3.62. The van der Waals surface area contributed by atoms with E-state index in [0.717, 1.165) is 12.0 Å². The summed E-state index contributed by atoms with van der Waals surface area (Å²) in [6.07, 6.45) is 2.86. The van der Waals surface area contributed by atoms with Crippen molar-refractivity contribution >= 4 is 11.8 Å². The summed E-state index contributed by atoms with van der Waals surface area (Å²) >= 11 is 0. The first-order chi connectivity index (χ1) is 16.3. The molecule has 34 heavy (non-hydrogen) atoms. The monoisotopic (exact) mass is 464 g/mol. The first-order valence-electron chi connectivity index (χ1n) is 11.5. The lowest BCUT2D eigenvalue weighted by atomic mass is 9.99. The smallest absolute Gasteiger partial charge is 0.243 e. The Morgan fingerprint density at radius 1 is 1.18 bits per heavy atom. The maximum Gasteiger partial charge on any atom is 0.243 e. The van der Waals surface area contributed by atoms with Crippen LogP contribution in [0.3, 0.4) is 0 Å². The van der Waals surface area contributed by atoms with Crippen molar-refractivity contribution in [3.05, 3.63) is 77.1 Å². The van der Waals surface area contributed by atoms with Crippen LogP contribution in [0, 0.1) is 5.95 Å². The van der Waals surface area contributed by atoms with Crippen LogP contribution in [0.1, 0.15) is 68.1 Å². The van der Waals surface area contributed by atoms with Crippen LogP contribution in [-0.4, -0.2) is 49.2 Å². The Balaban J connectivity index is 1.59. The first kappa shape index (κ1) is 23.5. The quantitative estimate of drug-likeness (QED) is 0.522. The Morgan fingerprint density at radius 2 is 1.94 bits per heavy atom. The number of H-pyrrole nitrogens is 1. The van der Waals surface area contributed by atoms with Crippen LogP contribution in [0.4, 0.5) is 4.39 Å². The third-order valence-electron chi connectivity index (χ3n) is 6.30. The molecule has 8 nitrogen and oxygen atoms in total. The van der Waals surface area contributed by atoms with E-state index in [1.807, 2.05) is 51.1 Å². The minimum absolute atomic E-state index is 0.00376. The van der Waals surface area contributed by atoms with Crippen molar-refractivity contribution in [2.24, 2.45) is 0 Å². The van der Waals surface area contributed by atoms with Gasteiger partial charge in [-0.25, -0.2) is 4.98 Å². The molecule has 0 bridgehead atoms. The Kier molecular flexibility index (Phi) is 7.00. The van der Waals surface area contributed by atoms with Crippen LogP contribution in [0.25, 0.3) is 0 Å². The van der Waals surface area contributed by atoms with E-state index in [0.29, 0.717) is 23.4 Å². The third-order valence-corrected chi connectivity index (χ3v) is 6.30. The number of aromatic nitrogens is 4. The zero-order chi connectivity index (χ0) is 24.2. The van der Waals surface area contributed by atoms with E-state index >= 15 is 0 Å². The predicted molar refractivity (Wildman–Crippen MR) is 124 cm³/mol. The number of pyridine rings is 1.